The molecule has 0 aliphatic carbocycles. The predicted octanol–water partition coefficient (Wildman–Crippen LogP) is 3.76. The Balaban J connectivity index is 2.61. The van der Waals surface area contributed by atoms with Crippen LogP contribution in [0.4, 0.5) is 0 Å². The number of allylic oxidation sites excluding steroid dienone is 1. The number of hydrogen-bond acceptors (Lipinski definition) is 3. The lowest BCUT2D eigenvalue weighted by Gasteiger charge is -2.15. The Labute approximate surface area is 102 Å². The molecule has 2 nitrogen and oxygen atoms in total. The molecule has 1 rings (SSSR count). The highest BCUT2D eigenvalue weighted by molar-refractivity contribution is 7.10. The van der Waals surface area contributed by atoms with Gasteiger partial charge in [0, 0.05) is 16.3 Å². The summed E-state index contributed by atoms with van der Waals surface area (Å²) >= 11 is 1.76. The number of methoxy groups -OCH3 is 1. The van der Waals surface area contributed by atoms with Gasteiger partial charge in [-0.25, -0.2) is 0 Å². The highest BCUT2D eigenvalue weighted by atomic mass is 32.1. The molecule has 0 saturated carbocycles. The van der Waals surface area contributed by atoms with Gasteiger partial charge in [0.05, 0.1) is 7.11 Å². The summed E-state index contributed by atoms with van der Waals surface area (Å²) < 4.78 is 5.22. The van der Waals surface area contributed by atoms with Crippen molar-refractivity contribution < 1.29 is 4.74 Å². The van der Waals surface area contributed by atoms with Crippen LogP contribution in [-0.2, 0) is 0 Å². The number of thiophene rings is 1. The number of hydrogen-bond donors (Lipinski definition) is 1. The minimum absolute atomic E-state index is 0.437. The maximum Gasteiger partial charge on any atom is 0.129 e. The first-order chi connectivity index (χ1) is 7.81. The van der Waals surface area contributed by atoms with Crippen molar-refractivity contribution in [1.29, 1.82) is 0 Å². The number of rotatable bonds is 8. The van der Waals surface area contributed by atoms with Crippen molar-refractivity contribution in [3.8, 4) is 5.75 Å². The Kier molecular flexibility index (Phi) is 6.19. The fraction of sp³-hybridized carbons (Fsp3) is 0.538. The summed E-state index contributed by atoms with van der Waals surface area (Å²) in [7, 11) is 1.71. The van der Waals surface area contributed by atoms with Gasteiger partial charge in [-0.05, 0) is 31.9 Å². The van der Waals surface area contributed by atoms with Gasteiger partial charge >= 0.3 is 0 Å². The fourth-order valence-corrected chi connectivity index (χ4v) is 2.54. The summed E-state index contributed by atoms with van der Waals surface area (Å²) in [5, 5.41) is 5.62. The predicted molar refractivity (Wildman–Crippen MR) is 71.3 cm³/mol. The molecule has 0 amide bonds. The molecular formula is C13H21NOS. The van der Waals surface area contributed by atoms with E-state index in [4.69, 9.17) is 4.74 Å². The Bertz CT molecular complexity index is 309. The third kappa shape index (κ3) is 3.99. The van der Waals surface area contributed by atoms with Crippen LogP contribution in [0, 0.1) is 0 Å². The second-order valence-electron chi connectivity index (χ2n) is 3.76. The van der Waals surface area contributed by atoms with E-state index in [1.807, 2.05) is 6.08 Å². The first-order valence-corrected chi connectivity index (χ1v) is 6.66. The third-order valence-electron chi connectivity index (χ3n) is 2.48. The molecule has 0 aromatic carbocycles. The molecule has 16 heavy (non-hydrogen) atoms. The van der Waals surface area contributed by atoms with Gasteiger partial charge in [0.25, 0.3) is 0 Å². The van der Waals surface area contributed by atoms with Crippen LogP contribution in [0.5, 0.6) is 5.75 Å². The summed E-state index contributed by atoms with van der Waals surface area (Å²) in [5.74, 6) is 0.960. The molecular weight excluding hydrogens is 218 g/mol. The van der Waals surface area contributed by atoms with Gasteiger partial charge in [-0.1, -0.05) is 13.0 Å². The fourth-order valence-electron chi connectivity index (χ4n) is 1.57. The normalized spacial score (nSPS) is 12.4. The van der Waals surface area contributed by atoms with Gasteiger partial charge in [0.1, 0.15) is 5.75 Å². The van der Waals surface area contributed by atoms with Crippen LogP contribution in [0.25, 0.3) is 0 Å². The SMILES string of the molecule is C=CCCC(NCCC)c1cc(OC)cs1. The molecule has 0 aliphatic heterocycles. The summed E-state index contributed by atoms with van der Waals surface area (Å²) in [4.78, 5) is 1.35. The zero-order valence-corrected chi connectivity index (χ0v) is 11.0. The molecule has 0 fully saturated rings. The van der Waals surface area contributed by atoms with Gasteiger partial charge < -0.3 is 10.1 Å². The van der Waals surface area contributed by atoms with E-state index in [0.717, 1.165) is 31.6 Å². The van der Waals surface area contributed by atoms with Gasteiger partial charge in [0.2, 0.25) is 0 Å². The number of nitrogens with one attached hydrogen (secondary N) is 1. The van der Waals surface area contributed by atoms with Gasteiger partial charge in [-0.2, -0.15) is 0 Å². The monoisotopic (exact) mass is 239 g/mol. The lowest BCUT2D eigenvalue weighted by Crippen LogP contribution is -2.21. The first kappa shape index (κ1) is 13.3. The zero-order valence-electron chi connectivity index (χ0n) is 10.2. The standard InChI is InChI=1S/C13H21NOS/c1-4-6-7-12(14-8-5-2)13-9-11(15-3)10-16-13/h4,9-10,12,14H,1,5-8H2,2-3H3. The van der Waals surface area contributed by atoms with Crippen LogP contribution in [0.3, 0.4) is 0 Å². The molecule has 0 aliphatic rings. The van der Waals surface area contributed by atoms with Crippen molar-refractivity contribution in [2.75, 3.05) is 13.7 Å². The molecule has 90 valence electrons. The third-order valence-corrected chi connectivity index (χ3v) is 3.50. The molecule has 1 atom stereocenters. The lowest BCUT2D eigenvalue weighted by atomic mass is 10.1. The zero-order chi connectivity index (χ0) is 11.8. The molecule has 1 aromatic heterocycles. The summed E-state index contributed by atoms with van der Waals surface area (Å²) in [6, 6.07) is 2.56. The maximum atomic E-state index is 5.22. The van der Waals surface area contributed by atoms with Crippen molar-refractivity contribution in [1.82, 2.24) is 5.32 Å². The van der Waals surface area contributed by atoms with E-state index in [0.29, 0.717) is 6.04 Å². The van der Waals surface area contributed by atoms with Gasteiger partial charge in [0.15, 0.2) is 0 Å². The summed E-state index contributed by atoms with van der Waals surface area (Å²) in [5.41, 5.74) is 0. The molecule has 1 N–H and O–H groups in total. The maximum absolute atomic E-state index is 5.22. The van der Waals surface area contributed by atoms with Crippen molar-refractivity contribution in [3.05, 3.63) is 29.0 Å². The minimum Gasteiger partial charge on any atom is -0.496 e. The molecule has 0 saturated heterocycles. The Morgan fingerprint density at radius 1 is 1.62 bits per heavy atom. The Morgan fingerprint density at radius 3 is 3.00 bits per heavy atom. The molecule has 3 heteroatoms. The van der Waals surface area contributed by atoms with E-state index in [9.17, 15) is 0 Å². The molecule has 0 radical (unpaired) electrons. The molecule has 1 aromatic rings. The molecule has 0 bridgehead atoms. The van der Waals surface area contributed by atoms with Crippen LogP contribution in [-0.4, -0.2) is 13.7 Å². The number of ether oxygens (including phenoxy) is 1. The van der Waals surface area contributed by atoms with Crippen molar-refractivity contribution in [3.63, 3.8) is 0 Å². The van der Waals surface area contributed by atoms with Crippen molar-refractivity contribution in [2.24, 2.45) is 0 Å². The largest absolute Gasteiger partial charge is 0.496 e. The highest BCUT2D eigenvalue weighted by Gasteiger charge is 2.12. The van der Waals surface area contributed by atoms with Crippen molar-refractivity contribution >= 4 is 11.3 Å². The van der Waals surface area contributed by atoms with Crippen molar-refractivity contribution in [2.45, 2.75) is 32.2 Å². The van der Waals surface area contributed by atoms with E-state index in [2.05, 4.69) is 30.3 Å². The summed E-state index contributed by atoms with van der Waals surface area (Å²) in [6.45, 7) is 7.02. The van der Waals surface area contributed by atoms with E-state index in [-0.39, 0.29) is 0 Å². The minimum atomic E-state index is 0.437. The van der Waals surface area contributed by atoms with Crippen LogP contribution >= 0.6 is 11.3 Å². The smallest absolute Gasteiger partial charge is 0.129 e. The van der Waals surface area contributed by atoms with E-state index < -0.39 is 0 Å². The van der Waals surface area contributed by atoms with Crippen LogP contribution in [0.15, 0.2) is 24.1 Å². The lowest BCUT2D eigenvalue weighted by molar-refractivity contribution is 0.415. The Hall–Kier alpha value is -0.800. The van der Waals surface area contributed by atoms with Crippen LogP contribution in [0.2, 0.25) is 0 Å². The van der Waals surface area contributed by atoms with Crippen LogP contribution in [0.1, 0.15) is 37.1 Å². The topological polar surface area (TPSA) is 21.3 Å². The molecule has 0 spiro atoms. The molecule has 1 unspecified atom stereocenters. The average molecular weight is 239 g/mol. The second-order valence-corrected chi connectivity index (χ2v) is 4.70. The molecule has 1 heterocycles. The van der Waals surface area contributed by atoms with Gasteiger partial charge in [-0.15, -0.1) is 17.9 Å². The summed E-state index contributed by atoms with van der Waals surface area (Å²) in [6.07, 6.45) is 5.29. The average Bonchev–Trinajstić information content (AvgIpc) is 2.78. The van der Waals surface area contributed by atoms with Crippen LogP contribution < -0.4 is 10.1 Å². The first-order valence-electron chi connectivity index (χ1n) is 5.78. The Morgan fingerprint density at radius 2 is 2.44 bits per heavy atom. The highest BCUT2D eigenvalue weighted by Crippen LogP contribution is 2.29. The van der Waals surface area contributed by atoms with E-state index in [1.54, 1.807) is 18.4 Å². The van der Waals surface area contributed by atoms with Gasteiger partial charge in [-0.3, -0.25) is 0 Å². The quantitative estimate of drug-likeness (QED) is 0.697. The second kappa shape index (κ2) is 7.47. The van der Waals surface area contributed by atoms with E-state index >= 15 is 0 Å². The van der Waals surface area contributed by atoms with E-state index in [1.165, 1.54) is 4.88 Å².